The predicted octanol–water partition coefficient (Wildman–Crippen LogP) is 3.56. The molecule has 2 rings (SSSR count). The molecule has 27 heavy (non-hydrogen) atoms. The Kier molecular flexibility index (Phi) is 7.05. The standard InChI is InChI=1S/C20H34N4O2S/c1-8-12-24-19-11-10-17(27(25,26)22(6)7)13-18(19)21-20(24)14-23(9-2)16(5)15(3)4/h10-11,13,15-16H,8-9,12,14H2,1-7H3. The van der Waals surface area contributed by atoms with Gasteiger partial charge in [-0.1, -0.05) is 27.7 Å². The molecule has 0 aliphatic carbocycles. The van der Waals surface area contributed by atoms with Crippen LogP contribution in [0.2, 0.25) is 0 Å². The third kappa shape index (κ3) is 4.52. The maximum absolute atomic E-state index is 12.5. The van der Waals surface area contributed by atoms with Crippen LogP contribution in [-0.2, 0) is 23.1 Å². The summed E-state index contributed by atoms with van der Waals surface area (Å²) in [5, 5.41) is 0. The Morgan fingerprint density at radius 2 is 1.81 bits per heavy atom. The number of rotatable bonds is 9. The topological polar surface area (TPSA) is 58.4 Å². The normalized spacial score (nSPS) is 14.0. The summed E-state index contributed by atoms with van der Waals surface area (Å²) >= 11 is 0. The van der Waals surface area contributed by atoms with E-state index in [1.54, 1.807) is 26.2 Å². The van der Waals surface area contributed by atoms with Gasteiger partial charge in [0.1, 0.15) is 5.82 Å². The van der Waals surface area contributed by atoms with Crippen LogP contribution in [0.4, 0.5) is 0 Å². The summed E-state index contributed by atoms with van der Waals surface area (Å²) in [5.41, 5.74) is 1.74. The molecule has 1 aromatic heterocycles. The average Bonchev–Trinajstić information content (AvgIpc) is 2.95. The molecule has 0 amide bonds. The van der Waals surface area contributed by atoms with Crippen molar-refractivity contribution in [2.75, 3.05) is 20.6 Å². The molecule has 6 nitrogen and oxygen atoms in total. The second kappa shape index (κ2) is 8.71. The van der Waals surface area contributed by atoms with E-state index in [2.05, 4.69) is 44.1 Å². The molecule has 1 unspecified atom stereocenters. The molecule has 0 N–H and O–H groups in total. The number of aryl methyl sites for hydroxylation is 1. The Morgan fingerprint density at radius 3 is 2.33 bits per heavy atom. The van der Waals surface area contributed by atoms with Gasteiger partial charge in [0.05, 0.1) is 22.5 Å². The van der Waals surface area contributed by atoms with Crippen LogP contribution < -0.4 is 0 Å². The second-order valence-electron chi connectivity index (χ2n) is 7.67. The van der Waals surface area contributed by atoms with Gasteiger partial charge in [0.2, 0.25) is 10.0 Å². The Hall–Kier alpha value is -1.44. The van der Waals surface area contributed by atoms with Crippen molar-refractivity contribution in [3.05, 3.63) is 24.0 Å². The number of hydrogen-bond acceptors (Lipinski definition) is 4. The van der Waals surface area contributed by atoms with Crippen molar-refractivity contribution in [3.8, 4) is 0 Å². The van der Waals surface area contributed by atoms with Gasteiger partial charge in [0.15, 0.2) is 0 Å². The van der Waals surface area contributed by atoms with Crippen LogP contribution in [0.1, 0.15) is 46.9 Å². The minimum atomic E-state index is -3.46. The summed E-state index contributed by atoms with van der Waals surface area (Å²) in [6.07, 6.45) is 1.00. The van der Waals surface area contributed by atoms with Gasteiger partial charge in [-0.25, -0.2) is 17.7 Å². The van der Waals surface area contributed by atoms with Crippen LogP contribution in [0, 0.1) is 5.92 Å². The summed E-state index contributed by atoms with van der Waals surface area (Å²) in [6.45, 7) is 13.6. The zero-order chi connectivity index (χ0) is 20.4. The first-order chi connectivity index (χ1) is 12.6. The average molecular weight is 395 g/mol. The van der Waals surface area contributed by atoms with E-state index >= 15 is 0 Å². The van der Waals surface area contributed by atoms with E-state index < -0.39 is 10.0 Å². The van der Waals surface area contributed by atoms with E-state index in [1.807, 2.05) is 6.07 Å². The molecule has 0 saturated heterocycles. The maximum Gasteiger partial charge on any atom is 0.242 e. The van der Waals surface area contributed by atoms with Gasteiger partial charge >= 0.3 is 0 Å². The number of benzene rings is 1. The van der Waals surface area contributed by atoms with Crippen LogP contribution in [0.25, 0.3) is 11.0 Å². The third-order valence-electron chi connectivity index (χ3n) is 5.32. The summed E-state index contributed by atoms with van der Waals surface area (Å²) < 4.78 is 28.4. The molecule has 0 radical (unpaired) electrons. The van der Waals surface area contributed by atoms with Crippen LogP contribution in [-0.4, -0.2) is 53.9 Å². The Labute approximate surface area is 164 Å². The zero-order valence-electron chi connectivity index (χ0n) is 17.7. The lowest BCUT2D eigenvalue weighted by Crippen LogP contribution is -2.36. The van der Waals surface area contributed by atoms with E-state index in [9.17, 15) is 8.42 Å². The van der Waals surface area contributed by atoms with Crippen molar-refractivity contribution >= 4 is 21.1 Å². The highest BCUT2D eigenvalue weighted by molar-refractivity contribution is 7.89. The first kappa shape index (κ1) is 21.9. The first-order valence-electron chi connectivity index (χ1n) is 9.79. The van der Waals surface area contributed by atoms with Gasteiger partial charge in [-0.2, -0.15) is 0 Å². The lowest BCUT2D eigenvalue weighted by Gasteiger charge is -2.30. The highest BCUT2D eigenvalue weighted by Crippen LogP contribution is 2.24. The largest absolute Gasteiger partial charge is 0.327 e. The quantitative estimate of drug-likeness (QED) is 0.652. The Balaban J connectivity index is 2.51. The summed E-state index contributed by atoms with van der Waals surface area (Å²) in [4.78, 5) is 7.55. The number of sulfonamides is 1. The van der Waals surface area contributed by atoms with Crippen molar-refractivity contribution in [1.82, 2.24) is 18.8 Å². The van der Waals surface area contributed by atoms with Gasteiger partial charge in [-0.3, -0.25) is 4.90 Å². The molecule has 152 valence electrons. The molecule has 0 saturated carbocycles. The van der Waals surface area contributed by atoms with E-state index in [-0.39, 0.29) is 4.90 Å². The van der Waals surface area contributed by atoms with Crippen molar-refractivity contribution in [3.63, 3.8) is 0 Å². The smallest absolute Gasteiger partial charge is 0.242 e. The van der Waals surface area contributed by atoms with Crippen LogP contribution in [0.5, 0.6) is 0 Å². The minimum Gasteiger partial charge on any atom is -0.327 e. The SMILES string of the molecule is CCCn1c(CN(CC)C(C)C(C)C)nc2cc(S(=O)(=O)N(C)C)ccc21. The molecular formula is C20H34N4O2S. The molecule has 0 bridgehead atoms. The van der Waals surface area contributed by atoms with Gasteiger partial charge < -0.3 is 4.57 Å². The summed E-state index contributed by atoms with van der Waals surface area (Å²) in [6, 6.07) is 5.72. The Morgan fingerprint density at radius 1 is 1.15 bits per heavy atom. The van der Waals surface area contributed by atoms with E-state index in [1.165, 1.54) is 4.31 Å². The maximum atomic E-state index is 12.5. The molecule has 0 aliphatic heterocycles. The number of hydrogen-bond donors (Lipinski definition) is 0. The molecule has 1 aromatic carbocycles. The van der Waals surface area contributed by atoms with E-state index in [0.717, 1.165) is 42.9 Å². The van der Waals surface area contributed by atoms with Gasteiger partial charge in [0, 0.05) is 26.7 Å². The lowest BCUT2D eigenvalue weighted by molar-refractivity contribution is 0.163. The van der Waals surface area contributed by atoms with Crippen molar-refractivity contribution in [1.29, 1.82) is 0 Å². The highest BCUT2D eigenvalue weighted by Gasteiger charge is 2.22. The first-order valence-corrected chi connectivity index (χ1v) is 11.2. The van der Waals surface area contributed by atoms with E-state index in [4.69, 9.17) is 4.98 Å². The van der Waals surface area contributed by atoms with Crippen LogP contribution >= 0.6 is 0 Å². The van der Waals surface area contributed by atoms with Gasteiger partial charge in [-0.15, -0.1) is 0 Å². The minimum absolute atomic E-state index is 0.288. The van der Waals surface area contributed by atoms with Crippen molar-refractivity contribution in [2.45, 2.75) is 65.1 Å². The monoisotopic (exact) mass is 394 g/mol. The lowest BCUT2D eigenvalue weighted by atomic mass is 10.0. The summed E-state index contributed by atoms with van der Waals surface area (Å²) in [5.74, 6) is 1.56. The fourth-order valence-corrected chi connectivity index (χ4v) is 4.19. The fraction of sp³-hybridized carbons (Fsp3) is 0.650. The van der Waals surface area contributed by atoms with Crippen LogP contribution in [0.3, 0.4) is 0 Å². The highest BCUT2D eigenvalue weighted by atomic mass is 32.2. The number of nitrogens with zero attached hydrogens (tertiary/aromatic N) is 4. The van der Waals surface area contributed by atoms with Gasteiger partial charge in [0.25, 0.3) is 0 Å². The Bertz CT molecular complexity index is 871. The molecular weight excluding hydrogens is 360 g/mol. The second-order valence-corrected chi connectivity index (χ2v) is 9.82. The van der Waals surface area contributed by atoms with Crippen molar-refractivity contribution < 1.29 is 8.42 Å². The zero-order valence-corrected chi connectivity index (χ0v) is 18.5. The molecule has 1 atom stereocenters. The van der Waals surface area contributed by atoms with Crippen LogP contribution in [0.15, 0.2) is 23.1 Å². The molecule has 1 heterocycles. The molecule has 2 aromatic rings. The van der Waals surface area contributed by atoms with Gasteiger partial charge in [-0.05, 0) is 44.0 Å². The molecule has 0 spiro atoms. The number of aromatic nitrogens is 2. The molecule has 0 aliphatic rings. The summed E-state index contributed by atoms with van der Waals surface area (Å²) in [7, 11) is -0.366. The predicted molar refractivity (Wildman–Crippen MR) is 111 cm³/mol. The van der Waals surface area contributed by atoms with E-state index in [0.29, 0.717) is 12.0 Å². The third-order valence-corrected chi connectivity index (χ3v) is 7.13. The number of fused-ring (bicyclic) bond motifs is 1. The number of imidazole rings is 1. The molecule has 7 heteroatoms. The fourth-order valence-electron chi connectivity index (χ4n) is 3.27. The van der Waals surface area contributed by atoms with Crippen molar-refractivity contribution in [2.24, 2.45) is 5.92 Å². The molecule has 0 fully saturated rings.